The fourth-order valence-corrected chi connectivity index (χ4v) is 3.45. The van der Waals surface area contributed by atoms with Gasteiger partial charge in [0, 0.05) is 29.4 Å². The van der Waals surface area contributed by atoms with Crippen LogP contribution in [0.25, 0.3) is 0 Å². The van der Waals surface area contributed by atoms with E-state index in [1.54, 1.807) is 18.2 Å². The average molecular weight is 429 g/mol. The van der Waals surface area contributed by atoms with Crippen molar-refractivity contribution in [3.8, 4) is 0 Å². The molecule has 9 heteroatoms. The van der Waals surface area contributed by atoms with Crippen LogP contribution in [0, 0.1) is 5.92 Å². The number of nitrogens with zero attached hydrogens (tertiary/aromatic N) is 2. The molecule has 0 saturated heterocycles. The lowest BCUT2D eigenvalue weighted by Gasteiger charge is -2.27. The second kappa shape index (κ2) is 9.80. The summed E-state index contributed by atoms with van der Waals surface area (Å²) < 4.78 is 5.40. The molecule has 1 unspecified atom stereocenters. The van der Waals surface area contributed by atoms with Crippen LogP contribution in [0.15, 0.2) is 28.9 Å². The lowest BCUT2D eigenvalue weighted by atomic mass is 10.0. The Morgan fingerprint density at radius 1 is 1.18 bits per heavy atom. The molecule has 2 aromatic rings. The number of aliphatic carboxylic acids is 1. The highest BCUT2D eigenvalue weighted by Crippen LogP contribution is 2.21. The molecule has 2 rings (SSSR count). The summed E-state index contributed by atoms with van der Waals surface area (Å²) in [6.07, 6.45) is 1.06. The molecule has 0 spiro atoms. The molecule has 0 aliphatic heterocycles. The number of carboxylic acids is 1. The Kier molecular flexibility index (Phi) is 7.71. The largest absolute Gasteiger partial charge is 0.480 e. The molecule has 2 N–H and O–H groups in total. The molecule has 0 aliphatic rings. The summed E-state index contributed by atoms with van der Waals surface area (Å²) in [6, 6.07) is 4.08. The zero-order chi connectivity index (χ0) is 20.8. The van der Waals surface area contributed by atoms with Gasteiger partial charge in [-0.2, -0.15) is 0 Å². The maximum absolute atomic E-state index is 11.5. The van der Waals surface area contributed by atoms with Crippen molar-refractivity contribution in [2.45, 2.75) is 39.2 Å². The van der Waals surface area contributed by atoms with Gasteiger partial charge >= 0.3 is 12.1 Å². The molecule has 1 aromatic heterocycles. The number of oxazole rings is 1. The summed E-state index contributed by atoms with van der Waals surface area (Å²) in [4.78, 5) is 28.3. The maximum Gasteiger partial charge on any atom is 0.408 e. The zero-order valence-electron chi connectivity index (χ0n) is 15.6. The standard InChI is InChI=1S/C19H22Cl2N2O5/c1-11(2)5-16(18(24)25)23(19(26)27)4-3-17-22-15(10-28-17)8-12-6-13(20)9-14(21)7-12/h6-7,9-11,16H,3-5,8H2,1-2H3,(H,24,25)(H,26,27). The number of halogens is 2. The summed E-state index contributed by atoms with van der Waals surface area (Å²) in [7, 11) is 0. The first-order valence-electron chi connectivity index (χ1n) is 8.76. The molecule has 7 nitrogen and oxygen atoms in total. The van der Waals surface area contributed by atoms with Crippen LogP contribution in [0.4, 0.5) is 4.79 Å². The van der Waals surface area contributed by atoms with Gasteiger partial charge in [-0.15, -0.1) is 0 Å². The SMILES string of the molecule is CC(C)CC(C(=O)O)N(CCc1nc(Cc2cc(Cl)cc(Cl)c2)co1)C(=O)O. The molecule has 0 radical (unpaired) electrons. The number of hydrogen-bond donors (Lipinski definition) is 2. The van der Waals surface area contributed by atoms with Crippen LogP contribution in [0.5, 0.6) is 0 Å². The van der Waals surface area contributed by atoms with E-state index >= 15 is 0 Å². The Labute approximate surface area is 172 Å². The van der Waals surface area contributed by atoms with Crippen molar-refractivity contribution in [1.29, 1.82) is 0 Å². The van der Waals surface area contributed by atoms with Crippen molar-refractivity contribution in [2.24, 2.45) is 5.92 Å². The topological polar surface area (TPSA) is 104 Å². The monoisotopic (exact) mass is 428 g/mol. The van der Waals surface area contributed by atoms with E-state index in [1.807, 2.05) is 13.8 Å². The molecule has 28 heavy (non-hydrogen) atoms. The van der Waals surface area contributed by atoms with Gasteiger partial charge in [0.2, 0.25) is 0 Å². The number of rotatable bonds is 9. The van der Waals surface area contributed by atoms with Crippen LogP contribution in [0.1, 0.15) is 37.4 Å². The van der Waals surface area contributed by atoms with Crippen molar-refractivity contribution >= 4 is 35.3 Å². The summed E-state index contributed by atoms with van der Waals surface area (Å²) in [5.74, 6) is -0.786. The highest BCUT2D eigenvalue weighted by Gasteiger charge is 2.30. The number of amides is 1. The molecular weight excluding hydrogens is 407 g/mol. The summed E-state index contributed by atoms with van der Waals surface area (Å²) in [6.45, 7) is 3.67. The van der Waals surface area contributed by atoms with E-state index in [1.165, 1.54) is 6.26 Å². The first-order chi connectivity index (χ1) is 13.2. The third-order valence-electron chi connectivity index (χ3n) is 4.08. The van der Waals surface area contributed by atoms with Crippen LogP contribution >= 0.6 is 23.2 Å². The van der Waals surface area contributed by atoms with Gasteiger partial charge in [0.05, 0.1) is 5.69 Å². The second-order valence-electron chi connectivity index (χ2n) is 6.90. The van der Waals surface area contributed by atoms with E-state index in [2.05, 4.69) is 4.98 Å². The minimum Gasteiger partial charge on any atom is -0.480 e. The Morgan fingerprint density at radius 2 is 1.82 bits per heavy atom. The summed E-state index contributed by atoms with van der Waals surface area (Å²) in [5.41, 5.74) is 1.51. The molecule has 152 valence electrons. The quantitative estimate of drug-likeness (QED) is 0.604. The van der Waals surface area contributed by atoms with Crippen LogP contribution in [0.3, 0.4) is 0 Å². The van der Waals surface area contributed by atoms with Crippen molar-refractivity contribution in [3.05, 3.63) is 51.7 Å². The Balaban J connectivity index is 2.04. The fraction of sp³-hybridized carbons (Fsp3) is 0.421. The van der Waals surface area contributed by atoms with E-state index in [9.17, 15) is 19.8 Å². The predicted molar refractivity (Wildman–Crippen MR) is 105 cm³/mol. The first kappa shape index (κ1) is 22.0. The minimum atomic E-state index is -1.28. The van der Waals surface area contributed by atoms with Crippen LogP contribution < -0.4 is 0 Å². The Bertz CT molecular complexity index is 817. The van der Waals surface area contributed by atoms with E-state index < -0.39 is 18.1 Å². The normalized spacial score (nSPS) is 12.2. The number of aromatic nitrogens is 1. The number of carboxylic acid groups (broad SMARTS) is 2. The summed E-state index contributed by atoms with van der Waals surface area (Å²) >= 11 is 12.0. The molecule has 1 atom stereocenters. The zero-order valence-corrected chi connectivity index (χ0v) is 17.1. The third-order valence-corrected chi connectivity index (χ3v) is 4.51. The van der Waals surface area contributed by atoms with Crippen LogP contribution in [0.2, 0.25) is 10.0 Å². The van der Waals surface area contributed by atoms with E-state index in [0.717, 1.165) is 10.5 Å². The van der Waals surface area contributed by atoms with E-state index in [-0.39, 0.29) is 25.3 Å². The average Bonchev–Trinajstić information content (AvgIpc) is 2.99. The molecule has 0 bridgehead atoms. The second-order valence-corrected chi connectivity index (χ2v) is 7.77. The molecule has 0 saturated carbocycles. The van der Waals surface area contributed by atoms with Gasteiger partial charge in [0.25, 0.3) is 0 Å². The molecule has 0 aliphatic carbocycles. The molecular formula is C19H22Cl2N2O5. The van der Waals surface area contributed by atoms with Gasteiger partial charge in [-0.1, -0.05) is 37.0 Å². The number of carbonyl (C=O) groups is 2. The van der Waals surface area contributed by atoms with Gasteiger partial charge < -0.3 is 14.6 Å². The number of benzene rings is 1. The molecule has 1 heterocycles. The number of hydrogen-bond acceptors (Lipinski definition) is 4. The van der Waals surface area contributed by atoms with E-state index in [4.69, 9.17) is 27.6 Å². The highest BCUT2D eigenvalue weighted by molar-refractivity contribution is 6.34. The Hall–Kier alpha value is -2.25. The van der Waals surface area contributed by atoms with Crippen molar-refractivity contribution < 1.29 is 24.2 Å². The third kappa shape index (κ3) is 6.42. The van der Waals surface area contributed by atoms with Crippen molar-refractivity contribution in [3.63, 3.8) is 0 Å². The highest BCUT2D eigenvalue weighted by atomic mass is 35.5. The first-order valence-corrected chi connectivity index (χ1v) is 9.52. The fourth-order valence-electron chi connectivity index (χ4n) is 2.88. The van der Waals surface area contributed by atoms with Crippen molar-refractivity contribution in [2.75, 3.05) is 6.54 Å². The Morgan fingerprint density at radius 3 is 2.36 bits per heavy atom. The summed E-state index contributed by atoms with van der Waals surface area (Å²) in [5, 5.41) is 19.9. The van der Waals surface area contributed by atoms with E-state index in [0.29, 0.717) is 28.1 Å². The van der Waals surface area contributed by atoms with Crippen molar-refractivity contribution in [1.82, 2.24) is 9.88 Å². The smallest absolute Gasteiger partial charge is 0.408 e. The van der Waals surface area contributed by atoms with Gasteiger partial charge in [0.15, 0.2) is 5.89 Å². The lowest BCUT2D eigenvalue weighted by molar-refractivity contribution is -0.143. The van der Waals surface area contributed by atoms with Gasteiger partial charge in [-0.05, 0) is 36.1 Å². The van der Waals surface area contributed by atoms with Gasteiger partial charge in [0.1, 0.15) is 12.3 Å². The minimum absolute atomic E-state index is 0.0258. The maximum atomic E-state index is 11.5. The molecule has 0 fully saturated rings. The van der Waals surface area contributed by atoms with Gasteiger partial charge in [-0.25, -0.2) is 14.6 Å². The predicted octanol–water partition coefficient (Wildman–Crippen LogP) is 4.59. The molecule has 1 aromatic carbocycles. The van der Waals surface area contributed by atoms with Crippen LogP contribution in [-0.2, 0) is 17.6 Å². The lowest BCUT2D eigenvalue weighted by Crippen LogP contribution is -2.46. The van der Waals surface area contributed by atoms with Gasteiger partial charge in [-0.3, -0.25) is 4.90 Å². The molecule has 1 amide bonds. The van der Waals surface area contributed by atoms with Crippen LogP contribution in [-0.4, -0.2) is 44.7 Å².